The van der Waals surface area contributed by atoms with Crippen LogP contribution >= 0.6 is 6.89 Å². The second-order valence-electron chi connectivity index (χ2n) is 13.9. The SMILES string of the molecule is CCCCP(CCCC)(CCCC)=C(C(=O)OCc1ccc(OC)cc1)N1C(=O)[C@@H](N2C(=O)c3ccccc3C2=O)[C@H]1CCC(=O)[C@@H]1CCCO1. The molecule has 0 aromatic heterocycles. The van der Waals surface area contributed by atoms with Crippen molar-refractivity contribution in [3.63, 3.8) is 0 Å². The quantitative estimate of drug-likeness (QED) is 0.0682. The Labute approximate surface area is 302 Å². The van der Waals surface area contributed by atoms with Crippen LogP contribution in [0, 0.1) is 0 Å². The predicted octanol–water partition coefficient (Wildman–Crippen LogP) is 6.69. The third-order valence-corrected chi connectivity index (χ3v) is 15.3. The number of fused-ring (bicyclic) bond motifs is 1. The van der Waals surface area contributed by atoms with Gasteiger partial charge < -0.3 is 14.2 Å². The lowest BCUT2D eigenvalue weighted by molar-refractivity contribution is -0.152. The van der Waals surface area contributed by atoms with Crippen molar-refractivity contribution in [2.24, 2.45) is 0 Å². The van der Waals surface area contributed by atoms with Gasteiger partial charge in [-0.05, 0) is 86.8 Å². The normalized spacial score (nSPS) is 20.0. The molecular formula is C40H53N2O8P. The van der Waals surface area contributed by atoms with Gasteiger partial charge >= 0.3 is 5.97 Å². The van der Waals surface area contributed by atoms with Gasteiger partial charge in [-0.15, -0.1) is 0 Å². The standard InChI is InChI=1S/C40H53N2O8P/c1-5-8-24-51(25-9-6-2,26-10-7-3)39(40(47)50-27-28-17-19-29(48-4)20-18-28)41-32(21-22-33(43)34-16-13-23-49-34)35(38(41)46)42-36(44)30-14-11-12-15-31(30)37(42)45/h11-12,14-15,17-20,32,34-35H,5-10,13,16,21-27H2,1-4H3/t32-,34+,35+/m1/s1. The molecule has 3 aliphatic rings. The van der Waals surface area contributed by atoms with Crippen molar-refractivity contribution in [2.75, 3.05) is 32.2 Å². The van der Waals surface area contributed by atoms with Gasteiger partial charge in [0.1, 0.15) is 29.9 Å². The van der Waals surface area contributed by atoms with Crippen molar-refractivity contribution < 1.29 is 38.2 Å². The first-order chi connectivity index (χ1) is 24.7. The highest BCUT2D eigenvalue weighted by Crippen LogP contribution is 2.54. The zero-order chi connectivity index (χ0) is 36.5. The van der Waals surface area contributed by atoms with Gasteiger partial charge in [-0.25, -0.2) is 4.79 Å². The Hall–Kier alpha value is -3.75. The molecule has 0 bridgehead atoms. The number of carbonyl (C=O) groups excluding carboxylic acids is 5. The van der Waals surface area contributed by atoms with Gasteiger partial charge in [0.2, 0.25) is 0 Å². The third kappa shape index (κ3) is 8.18. The number of ketones is 1. The van der Waals surface area contributed by atoms with Gasteiger partial charge in [-0.2, -0.15) is 0 Å². The molecule has 0 spiro atoms. The molecule has 2 fully saturated rings. The van der Waals surface area contributed by atoms with Crippen LogP contribution in [0.25, 0.3) is 0 Å². The number of nitrogens with zero attached hydrogens (tertiary/aromatic N) is 2. The van der Waals surface area contributed by atoms with Gasteiger partial charge in [-0.3, -0.25) is 29.0 Å². The van der Waals surface area contributed by atoms with E-state index in [9.17, 15) is 24.0 Å². The van der Waals surface area contributed by atoms with Crippen molar-refractivity contribution in [2.45, 2.75) is 110 Å². The number of hydrogen-bond acceptors (Lipinski definition) is 8. The summed E-state index contributed by atoms with van der Waals surface area (Å²) in [6.07, 6.45) is 9.06. The van der Waals surface area contributed by atoms with Crippen molar-refractivity contribution in [1.82, 2.24) is 9.80 Å². The van der Waals surface area contributed by atoms with Gasteiger partial charge in [-0.1, -0.05) is 71.2 Å². The van der Waals surface area contributed by atoms with E-state index >= 15 is 0 Å². The van der Waals surface area contributed by atoms with E-state index in [0.717, 1.165) is 73.9 Å². The number of benzene rings is 2. The Balaban J connectivity index is 1.60. The lowest BCUT2D eigenvalue weighted by Crippen LogP contribution is -2.74. The summed E-state index contributed by atoms with van der Waals surface area (Å²) in [4.78, 5) is 72.9. The number of β-lactam (4-membered cyclic amide) rings is 1. The predicted molar refractivity (Wildman–Crippen MR) is 199 cm³/mol. The van der Waals surface area contributed by atoms with E-state index in [-0.39, 0.29) is 36.4 Å². The summed E-state index contributed by atoms with van der Waals surface area (Å²) in [6.45, 7) is 4.59. The summed E-state index contributed by atoms with van der Waals surface area (Å²) in [7, 11) is 1.59. The molecule has 0 saturated carbocycles. The van der Waals surface area contributed by atoms with E-state index in [1.165, 1.54) is 0 Å². The highest BCUT2D eigenvalue weighted by Gasteiger charge is 2.59. The first-order valence-electron chi connectivity index (χ1n) is 18.7. The molecule has 0 unspecified atom stereocenters. The molecule has 276 valence electrons. The Morgan fingerprint density at radius 3 is 1.96 bits per heavy atom. The Kier molecular flexibility index (Phi) is 13.3. The van der Waals surface area contributed by atoms with Crippen molar-refractivity contribution in [1.29, 1.82) is 0 Å². The number of likely N-dealkylation sites (tertiary alicyclic amines) is 1. The van der Waals surface area contributed by atoms with E-state index in [2.05, 4.69) is 20.8 Å². The number of Topliss-reactive ketones (excluding diaryl/α,β-unsaturated/α-hetero) is 1. The molecule has 51 heavy (non-hydrogen) atoms. The number of rotatable bonds is 19. The van der Waals surface area contributed by atoms with E-state index < -0.39 is 48.8 Å². The number of amides is 3. The van der Waals surface area contributed by atoms with E-state index in [0.29, 0.717) is 24.2 Å². The highest BCUT2D eigenvalue weighted by molar-refractivity contribution is 7.77. The minimum atomic E-state index is -2.33. The monoisotopic (exact) mass is 720 g/mol. The van der Waals surface area contributed by atoms with Crippen LogP contribution in [0.4, 0.5) is 0 Å². The number of hydrogen-bond donors (Lipinski definition) is 0. The average molecular weight is 721 g/mol. The number of ether oxygens (including phenoxy) is 3. The molecule has 2 aromatic carbocycles. The molecule has 3 amide bonds. The van der Waals surface area contributed by atoms with Crippen molar-refractivity contribution in [3.05, 3.63) is 65.2 Å². The van der Waals surface area contributed by atoms with Crippen LogP contribution in [-0.4, -0.2) is 95.1 Å². The molecule has 0 radical (unpaired) electrons. The maximum Gasteiger partial charge on any atom is 0.355 e. The molecule has 2 saturated heterocycles. The van der Waals surface area contributed by atoms with Crippen LogP contribution in [0.1, 0.15) is 111 Å². The lowest BCUT2D eigenvalue weighted by Gasteiger charge is -2.52. The minimum absolute atomic E-state index is 0.00764. The Morgan fingerprint density at radius 2 is 1.45 bits per heavy atom. The lowest BCUT2D eigenvalue weighted by atomic mass is 9.88. The number of methoxy groups -OCH3 is 1. The van der Waals surface area contributed by atoms with E-state index in [1.54, 1.807) is 36.3 Å². The first-order valence-corrected chi connectivity index (χ1v) is 21.0. The fourth-order valence-electron chi connectivity index (χ4n) is 7.59. The Morgan fingerprint density at radius 1 is 0.863 bits per heavy atom. The van der Waals surface area contributed by atoms with Gasteiger partial charge in [0.15, 0.2) is 5.78 Å². The van der Waals surface area contributed by atoms with Gasteiger partial charge in [0.25, 0.3) is 17.7 Å². The summed E-state index contributed by atoms with van der Waals surface area (Å²) >= 11 is 0. The van der Waals surface area contributed by atoms with Gasteiger partial charge in [0, 0.05) is 13.0 Å². The van der Waals surface area contributed by atoms with Crippen LogP contribution in [-0.2, 0) is 30.5 Å². The van der Waals surface area contributed by atoms with Crippen LogP contribution in [0.5, 0.6) is 5.75 Å². The molecule has 0 aliphatic carbocycles. The zero-order valence-corrected chi connectivity index (χ0v) is 31.5. The molecule has 0 N–H and O–H groups in total. The average Bonchev–Trinajstić information content (AvgIpc) is 3.78. The maximum absolute atomic E-state index is 14.7. The van der Waals surface area contributed by atoms with Crippen LogP contribution in [0.2, 0.25) is 0 Å². The summed E-state index contributed by atoms with van der Waals surface area (Å²) in [5.74, 6) is -1.45. The number of unbranched alkanes of at least 4 members (excludes halogenated alkanes) is 3. The van der Waals surface area contributed by atoms with E-state index in [4.69, 9.17) is 14.2 Å². The second kappa shape index (κ2) is 17.6. The zero-order valence-electron chi connectivity index (χ0n) is 30.6. The first kappa shape index (κ1) is 38.5. The summed E-state index contributed by atoms with van der Waals surface area (Å²) in [6, 6.07) is 12.0. The maximum atomic E-state index is 14.7. The fourth-order valence-corrected chi connectivity index (χ4v) is 12.8. The van der Waals surface area contributed by atoms with Crippen molar-refractivity contribution >= 4 is 41.8 Å². The largest absolute Gasteiger partial charge is 0.497 e. The fraction of sp³-hybridized carbons (Fsp3) is 0.550. The topological polar surface area (TPSA) is 120 Å². The van der Waals surface area contributed by atoms with Crippen LogP contribution < -0.4 is 4.74 Å². The molecule has 5 rings (SSSR count). The Bertz CT molecular complexity index is 1580. The smallest absolute Gasteiger partial charge is 0.355 e. The van der Waals surface area contributed by atoms with Crippen LogP contribution in [0.15, 0.2) is 48.5 Å². The summed E-state index contributed by atoms with van der Waals surface area (Å²) in [5, 5.41) is 0. The van der Waals surface area contributed by atoms with Gasteiger partial charge in [0.05, 0.1) is 24.3 Å². The number of imide groups is 1. The molecular weight excluding hydrogens is 667 g/mol. The molecule has 3 atom stereocenters. The molecule has 3 aliphatic heterocycles. The number of esters is 1. The second-order valence-corrected chi connectivity index (χ2v) is 17.9. The van der Waals surface area contributed by atoms with Crippen LogP contribution in [0.3, 0.4) is 0 Å². The molecule has 10 nitrogen and oxygen atoms in total. The highest BCUT2D eigenvalue weighted by atomic mass is 31.2. The molecule has 2 aromatic rings. The molecule has 11 heteroatoms. The third-order valence-electron chi connectivity index (χ3n) is 10.5. The van der Waals surface area contributed by atoms with E-state index in [1.807, 2.05) is 24.3 Å². The number of carbonyl (C=O) groups is 5. The van der Waals surface area contributed by atoms with Crippen molar-refractivity contribution in [3.8, 4) is 5.75 Å². The molecule has 3 heterocycles. The summed E-state index contributed by atoms with van der Waals surface area (Å²) < 4.78 is 17.1. The summed E-state index contributed by atoms with van der Waals surface area (Å²) in [5.41, 5.74) is 1.68. The minimum Gasteiger partial charge on any atom is -0.497 e.